The first-order chi connectivity index (χ1) is 19.6. The van der Waals surface area contributed by atoms with Crippen molar-refractivity contribution in [2.75, 3.05) is 0 Å². The molecule has 0 bridgehead atoms. The average molecular weight is 561 g/mol. The maximum absolute atomic E-state index is 12.8. The molecular formula is C35H60O5. The molecule has 0 heterocycles. The topological polar surface area (TPSA) is 72.8 Å². The van der Waals surface area contributed by atoms with Crippen molar-refractivity contribution in [3.63, 3.8) is 0 Å². The van der Waals surface area contributed by atoms with Crippen LogP contribution in [-0.4, -0.2) is 29.3 Å². The van der Waals surface area contributed by atoms with Gasteiger partial charge in [-0.25, -0.2) is 4.79 Å². The Labute approximate surface area is 245 Å². The Balaban J connectivity index is 2.38. The minimum absolute atomic E-state index is 0.103. The quantitative estimate of drug-likeness (QED) is 0.0815. The number of carboxylic acid groups (broad SMARTS) is 1. The summed E-state index contributed by atoms with van der Waals surface area (Å²) in [5.41, 5.74) is 1.07. The van der Waals surface area contributed by atoms with Crippen molar-refractivity contribution in [2.45, 2.75) is 174 Å². The van der Waals surface area contributed by atoms with Gasteiger partial charge in [0.25, 0.3) is 0 Å². The third-order valence-electron chi connectivity index (χ3n) is 7.72. The first-order valence-corrected chi connectivity index (χ1v) is 16.6. The lowest BCUT2D eigenvalue weighted by atomic mass is 10.0. The zero-order valence-corrected chi connectivity index (χ0v) is 25.9. The standard InChI is InChI=1S/C35H60O5/c1-3-5-7-9-11-13-15-17-19-24-28-33(35(37)38)40-34(36)29-32(39-30-31-25-21-20-22-26-31)27-23-18-16-14-12-10-8-6-4-2/h20-22,25-26,32-33H,3-19,23-24,27-30H2,1-2H3,(H,37,38)/t32-,33-/m1/s1. The smallest absolute Gasteiger partial charge is 0.345 e. The van der Waals surface area contributed by atoms with E-state index in [1.54, 1.807) is 0 Å². The number of hydrogen-bond acceptors (Lipinski definition) is 4. The van der Waals surface area contributed by atoms with E-state index in [4.69, 9.17) is 9.47 Å². The number of rotatable bonds is 28. The number of unbranched alkanes of at least 4 members (excludes halogenated alkanes) is 17. The van der Waals surface area contributed by atoms with Crippen molar-refractivity contribution >= 4 is 11.9 Å². The van der Waals surface area contributed by atoms with Crippen LogP contribution in [0, 0.1) is 0 Å². The summed E-state index contributed by atoms with van der Waals surface area (Å²) in [5.74, 6) is -1.52. The third-order valence-corrected chi connectivity index (χ3v) is 7.72. The minimum Gasteiger partial charge on any atom is -0.479 e. The molecule has 0 spiro atoms. The molecule has 5 nitrogen and oxygen atoms in total. The van der Waals surface area contributed by atoms with Crippen molar-refractivity contribution < 1.29 is 24.2 Å². The molecule has 0 aliphatic carbocycles. The number of carbonyl (C=O) groups excluding carboxylic acids is 1. The lowest BCUT2D eigenvalue weighted by Crippen LogP contribution is -2.29. The van der Waals surface area contributed by atoms with Crippen molar-refractivity contribution in [1.82, 2.24) is 0 Å². The number of aliphatic carboxylic acids is 1. The molecular weight excluding hydrogens is 500 g/mol. The highest BCUT2D eigenvalue weighted by Gasteiger charge is 2.24. The lowest BCUT2D eigenvalue weighted by molar-refractivity contribution is -0.166. The zero-order chi connectivity index (χ0) is 29.1. The highest BCUT2D eigenvalue weighted by Crippen LogP contribution is 2.18. The number of hydrogen-bond donors (Lipinski definition) is 1. The van der Waals surface area contributed by atoms with Crippen LogP contribution in [0.4, 0.5) is 0 Å². The lowest BCUT2D eigenvalue weighted by Gasteiger charge is -2.19. The van der Waals surface area contributed by atoms with Crippen molar-refractivity contribution in [1.29, 1.82) is 0 Å². The largest absolute Gasteiger partial charge is 0.479 e. The molecule has 1 N–H and O–H groups in total. The number of carboxylic acids is 1. The maximum atomic E-state index is 12.8. The van der Waals surface area contributed by atoms with E-state index in [9.17, 15) is 14.7 Å². The van der Waals surface area contributed by atoms with Crippen LogP contribution in [0.2, 0.25) is 0 Å². The fourth-order valence-electron chi connectivity index (χ4n) is 5.16. The average Bonchev–Trinajstić information content (AvgIpc) is 2.95. The molecule has 0 aliphatic heterocycles. The van der Waals surface area contributed by atoms with Gasteiger partial charge in [-0.15, -0.1) is 0 Å². The Hall–Kier alpha value is -1.88. The van der Waals surface area contributed by atoms with Crippen molar-refractivity contribution in [3.8, 4) is 0 Å². The van der Waals surface area contributed by atoms with Crippen LogP contribution in [0.1, 0.15) is 161 Å². The zero-order valence-electron chi connectivity index (χ0n) is 25.9. The SMILES string of the molecule is CCCCCCCCCCCC[C@@H](OC(=O)C[C@@H](CCCCCCCCCCC)OCc1ccccc1)C(=O)O. The van der Waals surface area contributed by atoms with Gasteiger partial charge in [-0.3, -0.25) is 4.79 Å². The molecule has 0 saturated heterocycles. The Kier molecular flexibility index (Phi) is 23.5. The highest BCUT2D eigenvalue weighted by atomic mass is 16.6. The molecule has 2 atom stereocenters. The second-order valence-electron chi connectivity index (χ2n) is 11.5. The van der Waals surface area contributed by atoms with Gasteiger partial charge >= 0.3 is 11.9 Å². The molecule has 0 amide bonds. The Bertz CT molecular complexity index is 720. The summed E-state index contributed by atoms with van der Waals surface area (Å²) in [6, 6.07) is 9.96. The van der Waals surface area contributed by atoms with Gasteiger partial charge in [-0.05, 0) is 24.8 Å². The molecule has 0 aromatic heterocycles. The van der Waals surface area contributed by atoms with E-state index in [-0.39, 0.29) is 12.5 Å². The minimum atomic E-state index is -1.07. The van der Waals surface area contributed by atoms with Crippen molar-refractivity contribution in [3.05, 3.63) is 35.9 Å². The van der Waals surface area contributed by atoms with E-state index < -0.39 is 18.0 Å². The Morgan fingerprint density at radius 2 is 1.10 bits per heavy atom. The normalized spacial score (nSPS) is 12.8. The molecule has 0 radical (unpaired) electrons. The van der Waals surface area contributed by atoms with Gasteiger partial charge in [0, 0.05) is 0 Å². The summed E-state index contributed by atoms with van der Waals surface area (Å²) in [6.07, 6.45) is 23.0. The van der Waals surface area contributed by atoms with Gasteiger partial charge in [0.2, 0.25) is 0 Å². The van der Waals surface area contributed by atoms with Gasteiger partial charge in [0.1, 0.15) is 0 Å². The summed E-state index contributed by atoms with van der Waals surface area (Å²) >= 11 is 0. The monoisotopic (exact) mass is 560 g/mol. The molecule has 5 heteroatoms. The first kappa shape index (κ1) is 36.1. The second-order valence-corrected chi connectivity index (χ2v) is 11.5. The van der Waals surface area contributed by atoms with E-state index in [1.165, 1.54) is 89.9 Å². The Morgan fingerprint density at radius 3 is 1.57 bits per heavy atom. The summed E-state index contributed by atoms with van der Waals surface area (Å²) in [4.78, 5) is 24.5. The molecule has 1 aromatic rings. The second kappa shape index (κ2) is 26.0. The molecule has 1 aromatic carbocycles. The molecule has 0 unspecified atom stereocenters. The number of ether oxygens (including phenoxy) is 2. The fraction of sp³-hybridized carbons (Fsp3) is 0.771. The van der Waals surface area contributed by atoms with Crippen LogP contribution in [-0.2, 0) is 25.7 Å². The van der Waals surface area contributed by atoms with Gasteiger partial charge in [-0.2, -0.15) is 0 Å². The summed E-state index contributed by atoms with van der Waals surface area (Å²) in [7, 11) is 0. The van der Waals surface area contributed by atoms with Crippen LogP contribution in [0.15, 0.2) is 30.3 Å². The van der Waals surface area contributed by atoms with Crippen LogP contribution >= 0.6 is 0 Å². The van der Waals surface area contributed by atoms with Gasteiger partial charge in [0.05, 0.1) is 19.1 Å². The molecule has 0 fully saturated rings. The summed E-state index contributed by atoms with van der Waals surface area (Å²) in [6.45, 7) is 4.92. The van der Waals surface area contributed by atoms with Crippen LogP contribution in [0.3, 0.4) is 0 Å². The first-order valence-electron chi connectivity index (χ1n) is 16.6. The molecule has 0 aliphatic rings. The summed E-state index contributed by atoms with van der Waals surface area (Å²) in [5, 5.41) is 9.64. The predicted octanol–water partition coefficient (Wildman–Crippen LogP) is 10.2. The molecule has 1 rings (SSSR count). The van der Waals surface area contributed by atoms with Gasteiger partial charge in [-0.1, -0.05) is 160 Å². The van der Waals surface area contributed by atoms with Gasteiger partial charge in [0.15, 0.2) is 6.10 Å². The van der Waals surface area contributed by atoms with Crippen molar-refractivity contribution in [2.24, 2.45) is 0 Å². The van der Waals surface area contributed by atoms with E-state index in [2.05, 4.69) is 13.8 Å². The van der Waals surface area contributed by atoms with E-state index in [0.29, 0.717) is 13.0 Å². The van der Waals surface area contributed by atoms with Crippen LogP contribution < -0.4 is 0 Å². The number of esters is 1. The highest BCUT2D eigenvalue weighted by molar-refractivity contribution is 5.78. The van der Waals surface area contributed by atoms with E-state index in [0.717, 1.165) is 44.1 Å². The maximum Gasteiger partial charge on any atom is 0.345 e. The summed E-state index contributed by atoms with van der Waals surface area (Å²) < 4.78 is 11.6. The van der Waals surface area contributed by atoms with E-state index >= 15 is 0 Å². The fourth-order valence-corrected chi connectivity index (χ4v) is 5.16. The van der Waals surface area contributed by atoms with Gasteiger partial charge < -0.3 is 14.6 Å². The van der Waals surface area contributed by atoms with E-state index in [1.807, 2.05) is 30.3 Å². The third kappa shape index (κ3) is 20.9. The van der Waals surface area contributed by atoms with Crippen LogP contribution in [0.5, 0.6) is 0 Å². The Morgan fingerprint density at radius 1 is 0.650 bits per heavy atom. The molecule has 40 heavy (non-hydrogen) atoms. The number of benzene rings is 1. The van der Waals surface area contributed by atoms with Crippen LogP contribution in [0.25, 0.3) is 0 Å². The predicted molar refractivity (Wildman–Crippen MR) is 165 cm³/mol. The molecule has 230 valence electrons. The molecule has 0 saturated carbocycles. The number of carbonyl (C=O) groups is 2.